The number of ether oxygens (including phenoxy) is 1. The molecule has 3 rings (SSSR count). The lowest BCUT2D eigenvalue weighted by Crippen LogP contribution is -2.27. The van der Waals surface area contributed by atoms with Gasteiger partial charge in [-0.1, -0.05) is 18.2 Å². The van der Waals surface area contributed by atoms with Gasteiger partial charge < -0.3 is 10.1 Å². The van der Waals surface area contributed by atoms with E-state index in [1.54, 1.807) is 24.6 Å². The van der Waals surface area contributed by atoms with Gasteiger partial charge in [-0.3, -0.25) is 9.78 Å². The third kappa shape index (κ3) is 6.18. The van der Waals surface area contributed by atoms with Crippen molar-refractivity contribution in [2.75, 3.05) is 13.7 Å². The summed E-state index contributed by atoms with van der Waals surface area (Å²) in [5, 5.41) is 5.97. The molecular weight excluding hydrogens is 358 g/mol. The summed E-state index contributed by atoms with van der Waals surface area (Å²) in [6.45, 7) is 0.600. The van der Waals surface area contributed by atoms with E-state index in [4.69, 9.17) is 4.74 Å². The van der Waals surface area contributed by atoms with Gasteiger partial charge >= 0.3 is 0 Å². The fourth-order valence-electron chi connectivity index (χ4n) is 2.73. The molecule has 0 aliphatic rings. The van der Waals surface area contributed by atoms with Crippen LogP contribution in [-0.2, 0) is 30.5 Å². The summed E-state index contributed by atoms with van der Waals surface area (Å²) in [6, 6.07) is 13.8. The minimum absolute atomic E-state index is 0.000489. The molecule has 1 amide bonds. The molecule has 0 fully saturated rings. The minimum atomic E-state index is -0.000489. The number of amides is 1. The molecule has 6 heteroatoms. The van der Waals surface area contributed by atoms with Crippen LogP contribution in [0.5, 0.6) is 5.75 Å². The molecule has 2 aromatic heterocycles. The zero-order valence-corrected chi connectivity index (χ0v) is 16.2. The third-order valence-electron chi connectivity index (χ3n) is 4.13. The fourth-order valence-corrected chi connectivity index (χ4v) is 3.53. The molecule has 0 spiro atoms. The zero-order valence-electron chi connectivity index (χ0n) is 15.4. The Morgan fingerprint density at radius 3 is 2.85 bits per heavy atom. The molecule has 0 bridgehead atoms. The molecular formula is C21H23N3O2S. The zero-order chi connectivity index (χ0) is 18.9. The highest BCUT2D eigenvalue weighted by Crippen LogP contribution is 2.14. The second-order valence-electron chi connectivity index (χ2n) is 6.18. The number of methoxy groups -OCH3 is 1. The van der Waals surface area contributed by atoms with Gasteiger partial charge in [-0.15, -0.1) is 11.3 Å². The number of rotatable bonds is 9. The molecule has 2 heterocycles. The van der Waals surface area contributed by atoms with Gasteiger partial charge in [-0.05, 0) is 42.7 Å². The molecule has 0 atom stereocenters. The average molecular weight is 382 g/mol. The normalized spacial score (nSPS) is 10.6. The summed E-state index contributed by atoms with van der Waals surface area (Å²) in [6.07, 6.45) is 4.60. The van der Waals surface area contributed by atoms with Crippen LogP contribution in [0.2, 0.25) is 0 Å². The SMILES string of the molecule is COc1cccc(CCNC(=O)Cc2csc(CCc3ccccn3)n2)c1. The summed E-state index contributed by atoms with van der Waals surface area (Å²) < 4.78 is 5.21. The Morgan fingerprint density at radius 2 is 2.04 bits per heavy atom. The molecule has 1 aromatic carbocycles. The number of nitrogens with one attached hydrogen (secondary N) is 1. The van der Waals surface area contributed by atoms with E-state index in [1.165, 1.54) is 0 Å². The number of aromatic nitrogens is 2. The lowest BCUT2D eigenvalue weighted by molar-refractivity contribution is -0.120. The smallest absolute Gasteiger partial charge is 0.226 e. The number of carbonyl (C=O) groups is 1. The van der Waals surface area contributed by atoms with Gasteiger partial charge in [0, 0.05) is 30.2 Å². The van der Waals surface area contributed by atoms with Gasteiger partial charge in [-0.2, -0.15) is 0 Å². The van der Waals surface area contributed by atoms with Gasteiger partial charge in [0.2, 0.25) is 5.91 Å². The van der Waals surface area contributed by atoms with Gasteiger partial charge in [0.05, 0.1) is 24.2 Å². The van der Waals surface area contributed by atoms with Crippen LogP contribution in [0.3, 0.4) is 0 Å². The standard InChI is InChI=1S/C21H23N3O2S/c1-26-19-7-4-5-16(13-19)10-12-23-20(25)14-18-15-27-21(24-18)9-8-17-6-2-3-11-22-17/h2-7,11,13,15H,8-10,12,14H2,1H3,(H,23,25). The lowest BCUT2D eigenvalue weighted by Gasteiger charge is -2.06. The molecule has 0 aliphatic carbocycles. The van der Waals surface area contributed by atoms with Gasteiger partial charge in [0.25, 0.3) is 0 Å². The molecule has 0 aliphatic heterocycles. The Morgan fingerprint density at radius 1 is 1.11 bits per heavy atom. The molecule has 1 N–H and O–H groups in total. The number of nitrogens with zero attached hydrogens (tertiary/aromatic N) is 2. The van der Waals surface area contributed by atoms with Crippen molar-refractivity contribution in [1.82, 2.24) is 15.3 Å². The van der Waals surface area contributed by atoms with Crippen LogP contribution in [0, 0.1) is 0 Å². The molecule has 5 nitrogen and oxygen atoms in total. The highest BCUT2D eigenvalue weighted by molar-refractivity contribution is 7.09. The van der Waals surface area contributed by atoms with Crippen molar-refractivity contribution in [3.63, 3.8) is 0 Å². The number of thiazole rings is 1. The Labute approximate surface area is 163 Å². The predicted molar refractivity (Wildman–Crippen MR) is 107 cm³/mol. The number of benzene rings is 1. The van der Waals surface area contributed by atoms with Crippen LogP contribution in [0.25, 0.3) is 0 Å². The van der Waals surface area contributed by atoms with E-state index in [2.05, 4.69) is 15.3 Å². The van der Waals surface area contributed by atoms with Crippen molar-refractivity contribution >= 4 is 17.2 Å². The maximum Gasteiger partial charge on any atom is 0.226 e. The maximum atomic E-state index is 12.1. The summed E-state index contributed by atoms with van der Waals surface area (Å²) in [5.74, 6) is 0.832. The second-order valence-corrected chi connectivity index (χ2v) is 7.12. The van der Waals surface area contributed by atoms with Gasteiger partial charge in [0.1, 0.15) is 5.75 Å². The monoisotopic (exact) mass is 381 g/mol. The van der Waals surface area contributed by atoms with Crippen molar-refractivity contribution in [2.24, 2.45) is 0 Å². The Kier molecular flexibility index (Phi) is 6.93. The molecule has 0 unspecified atom stereocenters. The summed E-state index contributed by atoms with van der Waals surface area (Å²) >= 11 is 1.60. The van der Waals surface area contributed by atoms with Crippen LogP contribution < -0.4 is 10.1 Å². The number of hydrogen-bond acceptors (Lipinski definition) is 5. The van der Waals surface area contributed by atoms with E-state index >= 15 is 0 Å². The van der Waals surface area contributed by atoms with E-state index in [1.807, 2.05) is 47.8 Å². The average Bonchev–Trinajstić information content (AvgIpc) is 3.14. The van der Waals surface area contributed by atoms with Crippen LogP contribution in [0.15, 0.2) is 54.0 Å². The van der Waals surface area contributed by atoms with Crippen molar-refractivity contribution in [1.29, 1.82) is 0 Å². The van der Waals surface area contributed by atoms with Crippen LogP contribution >= 0.6 is 11.3 Å². The van der Waals surface area contributed by atoms with Crippen molar-refractivity contribution in [2.45, 2.75) is 25.7 Å². The topological polar surface area (TPSA) is 64.1 Å². The second kappa shape index (κ2) is 9.83. The highest BCUT2D eigenvalue weighted by atomic mass is 32.1. The van der Waals surface area contributed by atoms with Crippen LogP contribution in [0.1, 0.15) is 22.0 Å². The predicted octanol–water partition coefficient (Wildman–Crippen LogP) is 3.23. The van der Waals surface area contributed by atoms with Crippen molar-refractivity contribution in [3.05, 3.63) is 76.0 Å². The number of hydrogen-bond donors (Lipinski definition) is 1. The summed E-state index contributed by atoms with van der Waals surface area (Å²) in [5.41, 5.74) is 3.03. The number of aryl methyl sites for hydroxylation is 2. The number of carbonyl (C=O) groups excluding carboxylic acids is 1. The largest absolute Gasteiger partial charge is 0.497 e. The minimum Gasteiger partial charge on any atom is -0.497 e. The number of pyridine rings is 1. The maximum absolute atomic E-state index is 12.1. The molecule has 0 radical (unpaired) electrons. The molecule has 27 heavy (non-hydrogen) atoms. The van der Waals surface area contributed by atoms with Crippen LogP contribution in [-0.4, -0.2) is 29.5 Å². The Bertz CT molecular complexity index is 865. The van der Waals surface area contributed by atoms with E-state index < -0.39 is 0 Å². The van der Waals surface area contributed by atoms with E-state index in [0.29, 0.717) is 13.0 Å². The lowest BCUT2D eigenvalue weighted by atomic mass is 10.1. The molecule has 0 saturated carbocycles. The summed E-state index contributed by atoms with van der Waals surface area (Å²) in [7, 11) is 1.65. The first-order valence-corrected chi connectivity index (χ1v) is 9.84. The van der Waals surface area contributed by atoms with Gasteiger partial charge in [0.15, 0.2) is 0 Å². The Balaban J connectivity index is 1.41. The van der Waals surface area contributed by atoms with Gasteiger partial charge in [-0.25, -0.2) is 4.98 Å². The summed E-state index contributed by atoms with van der Waals surface area (Å²) in [4.78, 5) is 21.0. The molecule has 140 valence electrons. The van der Waals surface area contributed by atoms with E-state index in [0.717, 1.165) is 47.0 Å². The fraction of sp³-hybridized carbons (Fsp3) is 0.286. The Hall–Kier alpha value is -2.73. The van der Waals surface area contributed by atoms with E-state index in [9.17, 15) is 4.79 Å². The van der Waals surface area contributed by atoms with Crippen molar-refractivity contribution in [3.8, 4) is 5.75 Å². The first-order valence-electron chi connectivity index (χ1n) is 8.96. The quantitative estimate of drug-likeness (QED) is 0.618. The van der Waals surface area contributed by atoms with E-state index in [-0.39, 0.29) is 5.91 Å². The third-order valence-corrected chi connectivity index (χ3v) is 5.09. The van der Waals surface area contributed by atoms with Crippen molar-refractivity contribution < 1.29 is 9.53 Å². The highest BCUT2D eigenvalue weighted by Gasteiger charge is 2.08. The first kappa shape index (κ1) is 19.0. The first-order chi connectivity index (χ1) is 13.2. The van der Waals surface area contributed by atoms with Crippen LogP contribution in [0.4, 0.5) is 0 Å². The molecule has 3 aromatic rings. The molecule has 0 saturated heterocycles.